The molecule has 0 radical (unpaired) electrons. The van der Waals surface area contributed by atoms with Crippen LogP contribution in [0.1, 0.15) is 57.9 Å². The monoisotopic (exact) mass is 739 g/mol. The minimum absolute atomic E-state index is 0.0111. The number of thioether (sulfide) groups is 1. The number of hydrogen-bond donors (Lipinski definition) is 0. The first-order valence-corrected chi connectivity index (χ1v) is 17.1. The molecule has 262 valence electrons. The molecule has 4 aromatic rings. The molecule has 0 aliphatic carbocycles. The number of nitro groups is 1. The van der Waals surface area contributed by atoms with Gasteiger partial charge in [-0.15, -0.1) is 10.2 Å². The molecule has 49 heavy (non-hydrogen) atoms. The molecular weight excluding hydrogens is 706 g/mol. The highest BCUT2D eigenvalue weighted by Gasteiger charge is 2.31. The number of nitro benzene ring substituents is 1. The summed E-state index contributed by atoms with van der Waals surface area (Å²) in [6.07, 6.45) is 2.68. The molecule has 0 N–H and O–H groups in total. The van der Waals surface area contributed by atoms with E-state index in [0.29, 0.717) is 11.4 Å². The average Bonchev–Trinajstić information content (AvgIpc) is 3.06. The SMILES string of the molecule is CCCCCCCCSC(=O)Oc1cc(Cl)nnc1-c1ccccc1.CCOc1cc(Oc2ccc(C(F)(F)F)cc2Cl)ccc1[N+](=O)[O-]. The Morgan fingerprint density at radius 3 is 2.24 bits per heavy atom. The Labute approximate surface area is 296 Å². The topological polar surface area (TPSA) is 114 Å². The zero-order valence-corrected chi connectivity index (χ0v) is 29.0. The molecule has 0 atom stereocenters. The van der Waals surface area contributed by atoms with E-state index in [0.717, 1.165) is 42.4 Å². The van der Waals surface area contributed by atoms with Crippen molar-refractivity contribution in [1.29, 1.82) is 0 Å². The van der Waals surface area contributed by atoms with Crippen LogP contribution >= 0.6 is 35.0 Å². The van der Waals surface area contributed by atoms with Crippen LogP contribution in [0.15, 0.2) is 72.8 Å². The van der Waals surface area contributed by atoms with Gasteiger partial charge < -0.3 is 14.2 Å². The summed E-state index contributed by atoms with van der Waals surface area (Å²) in [6, 6.07) is 17.4. The first kappa shape index (κ1) is 39.4. The molecule has 0 spiro atoms. The predicted octanol–water partition coefficient (Wildman–Crippen LogP) is 11.8. The second kappa shape index (κ2) is 19.8. The number of aromatic nitrogens is 2. The number of carbonyl (C=O) groups is 1. The molecular formula is C34H34Cl2F3N3O6S. The largest absolute Gasteiger partial charge is 0.487 e. The second-order valence-corrected chi connectivity index (χ2v) is 12.1. The minimum atomic E-state index is -4.52. The van der Waals surface area contributed by atoms with Crippen molar-refractivity contribution >= 4 is 46.0 Å². The minimum Gasteiger partial charge on any atom is -0.487 e. The van der Waals surface area contributed by atoms with E-state index < -0.39 is 16.7 Å². The smallest absolute Gasteiger partial charge is 0.416 e. The lowest BCUT2D eigenvalue weighted by atomic mass is 10.1. The maximum Gasteiger partial charge on any atom is 0.416 e. The lowest BCUT2D eigenvalue weighted by Crippen LogP contribution is -2.04. The maximum absolute atomic E-state index is 12.6. The van der Waals surface area contributed by atoms with Gasteiger partial charge in [-0.2, -0.15) is 13.2 Å². The number of hydrogen-bond acceptors (Lipinski definition) is 9. The second-order valence-electron chi connectivity index (χ2n) is 10.3. The van der Waals surface area contributed by atoms with Crippen LogP contribution in [-0.2, 0) is 6.18 Å². The van der Waals surface area contributed by atoms with Gasteiger partial charge >= 0.3 is 17.2 Å². The summed E-state index contributed by atoms with van der Waals surface area (Å²) in [6.45, 7) is 4.06. The van der Waals surface area contributed by atoms with Crippen molar-refractivity contribution in [2.75, 3.05) is 12.4 Å². The molecule has 0 saturated carbocycles. The number of ether oxygens (including phenoxy) is 3. The van der Waals surface area contributed by atoms with Crippen LogP contribution in [0.4, 0.5) is 23.7 Å². The summed E-state index contributed by atoms with van der Waals surface area (Å²) in [5.41, 5.74) is 0.190. The third-order valence-electron chi connectivity index (χ3n) is 6.60. The molecule has 0 fully saturated rings. The number of unbranched alkanes of at least 4 members (excludes halogenated alkanes) is 5. The fourth-order valence-corrected chi connectivity index (χ4v) is 5.27. The van der Waals surface area contributed by atoms with Crippen molar-refractivity contribution in [3.8, 4) is 34.3 Å². The number of benzene rings is 3. The van der Waals surface area contributed by atoms with E-state index in [-0.39, 0.29) is 45.0 Å². The molecule has 0 bridgehead atoms. The molecule has 3 aromatic carbocycles. The van der Waals surface area contributed by atoms with Gasteiger partial charge in [0.15, 0.2) is 10.9 Å². The molecule has 1 aromatic heterocycles. The zero-order valence-electron chi connectivity index (χ0n) is 26.7. The number of nitrogens with zero attached hydrogens (tertiary/aromatic N) is 3. The van der Waals surface area contributed by atoms with E-state index in [2.05, 4.69) is 17.1 Å². The van der Waals surface area contributed by atoms with Gasteiger partial charge in [-0.05, 0) is 49.4 Å². The van der Waals surface area contributed by atoms with Crippen LogP contribution in [0.2, 0.25) is 10.2 Å². The Balaban J connectivity index is 0.000000266. The highest BCUT2D eigenvalue weighted by Crippen LogP contribution is 2.38. The standard InChI is InChI=1S/C19H23ClN2O2S.C15H11ClF3NO4/c1-2-3-4-5-6-10-13-25-19(23)24-16-14-17(20)21-22-18(16)15-11-8-7-9-12-15;1-2-23-14-8-10(4-5-12(14)20(21)22)24-13-6-3-9(7-11(13)16)15(17,18)19/h7-9,11-12,14H,2-6,10,13H2,1H3;3-8H,2H2,1H3. The quantitative estimate of drug-likeness (QED) is 0.0539. The Morgan fingerprint density at radius 1 is 0.878 bits per heavy atom. The van der Waals surface area contributed by atoms with Crippen molar-refractivity contribution in [2.45, 2.75) is 58.5 Å². The number of alkyl halides is 3. The first-order valence-electron chi connectivity index (χ1n) is 15.3. The molecule has 0 aliphatic heterocycles. The molecule has 1 heterocycles. The van der Waals surface area contributed by atoms with E-state index in [9.17, 15) is 28.1 Å². The summed E-state index contributed by atoms with van der Waals surface area (Å²) in [4.78, 5) is 22.4. The van der Waals surface area contributed by atoms with E-state index in [1.54, 1.807) is 6.92 Å². The van der Waals surface area contributed by atoms with E-state index in [4.69, 9.17) is 37.4 Å². The Kier molecular flexibility index (Phi) is 15.9. The van der Waals surface area contributed by atoms with Gasteiger partial charge in [-0.3, -0.25) is 10.1 Å². The Hall–Kier alpha value is -4.07. The summed E-state index contributed by atoms with van der Waals surface area (Å²) in [7, 11) is 0. The van der Waals surface area contributed by atoms with Crippen LogP contribution in [0.3, 0.4) is 0 Å². The van der Waals surface area contributed by atoms with Gasteiger partial charge in [0.25, 0.3) is 0 Å². The highest BCUT2D eigenvalue weighted by atomic mass is 35.5. The first-order chi connectivity index (χ1) is 23.4. The van der Waals surface area contributed by atoms with E-state index in [1.807, 2.05) is 30.3 Å². The van der Waals surface area contributed by atoms with E-state index in [1.165, 1.54) is 61.7 Å². The molecule has 4 rings (SSSR count). The van der Waals surface area contributed by atoms with Crippen LogP contribution in [-0.4, -0.2) is 32.8 Å². The summed E-state index contributed by atoms with van der Waals surface area (Å²) in [5.74, 6) is 1.22. The predicted molar refractivity (Wildman–Crippen MR) is 185 cm³/mol. The maximum atomic E-state index is 12.6. The number of rotatable bonds is 14. The van der Waals surface area contributed by atoms with Gasteiger partial charge in [-0.25, -0.2) is 4.79 Å². The van der Waals surface area contributed by atoms with Crippen LogP contribution < -0.4 is 14.2 Å². The summed E-state index contributed by atoms with van der Waals surface area (Å²) in [5, 5.41) is 18.5. The summed E-state index contributed by atoms with van der Waals surface area (Å²) >= 11 is 12.9. The normalized spacial score (nSPS) is 10.9. The molecule has 15 heteroatoms. The van der Waals surface area contributed by atoms with Crippen molar-refractivity contribution in [2.24, 2.45) is 0 Å². The Morgan fingerprint density at radius 2 is 1.59 bits per heavy atom. The fourth-order valence-electron chi connectivity index (χ4n) is 4.25. The van der Waals surface area contributed by atoms with Crippen molar-refractivity contribution in [3.63, 3.8) is 0 Å². The molecule has 9 nitrogen and oxygen atoms in total. The van der Waals surface area contributed by atoms with E-state index >= 15 is 0 Å². The molecule has 0 saturated heterocycles. The molecule has 0 unspecified atom stereocenters. The fraction of sp³-hybridized carbons (Fsp3) is 0.324. The average molecular weight is 741 g/mol. The third-order valence-corrected chi connectivity index (χ3v) is 7.89. The van der Waals surface area contributed by atoms with Crippen LogP contribution in [0.5, 0.6) is 23.0 Å². The molecule has 0 amide bonds. The molecule has 0 aliphatic rings. The number of carbonyl (C=O) groups excluding carboxylic acids is 1. The van der Waals surface area contributed by atoms with Crippen LogP contribution in [0, 0.1) is 10.1 Å². The van der Waals surface area contributed by atoms with Gasteiger partial charge in [-0.1, -0.05) is 92.6 Å². The number of halogens is 5. The van der Waals surface area contributed by atoms with Crippen molar-refractivity contribution in [3.05, 3.63) is 98.6 Å². The lowest BCUT2D eigenvalue weighted by Gasteiger charge is -2.12. The third kappa shape index (κ3) is 13.1. The van der Waals surface area contributed by atoms with Crippen LogP contribution in [0.25, 0.3) is 11.3 Å². The lowest BCUT2D eigenvalue weighted by molar-refractivity contribution is -0.385. The van der Waals surface area contributed by atoms with Crippen molar-refractivity contribution in [1.82, 2.24) is 10.2 Å². The Bertz CT molecular complexity index is 1680. The van der Waals surface area contributed by atoms with Crippen molar-refractivity contribution < 1.29 is 37.1 Å². The summed E-state index contributed by atoms with van der Waals surface area (Å²) < 4.78 is 53.8. The highest BCUT2D eigenvalue weighted by molar-refractivity contribution is 8.13. The van der Waals surface area contributed by atoms with Gasteiger partial charge in [0.1, 0.15) is 17.2 Å². The van der Waals surface area contributed by atoms with Gasteiger partial charge in [0.2, 0.25) is 5.75 Å². The van der Waals surface area contributed by atoms with Gasteiger partial charge in [0.05, 0.1) is 22.1 Å². The zero-order chi connectivity index (χ0) is 35.8. The van der Waals surface area contributed by atoms with Gasteiger partial charge in [0, 0.05) is 29.5 Å².